The molecule has 0 saturated heterocycles. The minimum absolute atomic E-state index is 0.0362. The van der Waals surface area contributed by atoms with Gasteiger partial charge < -0.3 is 0 Å². The Hall–Kier alpha value is 0.247. The number of carbonyl (C=O) groups excluding carboxylic acids is 1. The van der Waals surface area contributed by atoms with Crippen LogP contribution in [-0.2, 0) is 20.9 Å². The van der Waals surface area contributed by atoms with E-state index in [2.05, 4.69) is 41.8 Å². The van der Waals surface area contributed by atoms with Crippen LogP contribution in [0.1, 0.15) is 12.5 Å². The summed E-state index contributed by atoms with van der Waals surface area (Å²) in [5.41, 5.74) is 1.20. The van der Waals surface area contributed by atoms with Crippen molar-refractivity contribution in [1.82, 2.24) is 0 Å². The molecular formula is C20H34O3Sn2. The molecule has 1 fully saturated rings. The van der Waals surface area contributed by atoms with Crippen LogP contribution in [0, 0.1) is 5.92 Å². The molecule has 1 aliphatic rings. The van der Waals surface area contributed by atoms with Crippen LogP contribution in [-0.4, -0.2) is 55.9 Å². The standard InChI is InChI=1S/C14H16O3.6CH3.2Sn/c1-2-17-14(15)13-8-12(13)10-16-9-11-6-4-3-5-7-11;;;;;;;;/h3-8,13H,2,9-10H2,1H3;6*1H3;;/t13-;;;;;;;;/m0......../s1. The van der Waals surface area contributed by atoms with E-state index >= 15 is 0 Å². The van der Waals surface area contributed by atoms with Crippen molar-refractivity contribution in [3.63, 3.8) is 0 Å². The zero-order valence-corrected chi connectivity index (χ0v) is 22.6. The van der Waals surface area contributed by atoms with Crippen LogP contribution in [0.5, 0.6) is 0 Å². The van der Waals surface area contributed by atoms with Gasteiger partial charge in [0.25, 0.3) is 0 Å². The summed E-state index contributed by atoms with van der Waals surface area (Å²) in [6.45, 7) is 3.74. The van der Waals surface area contributed by atoms with Crippen LogP contribution in [0.2, 0.25) is 37.0 Å². The maximum absolute atomic E-state index is 12.7. The molecule has 5 heteroatoms. The van der Waals surface area contributed by atoms with E-state index in [9.17, 15) is 4.79 Å². The number of hydrogen-bond donors (Lipinski definition) is 0. The molecule has 140 valence electrons. The molecule has 0 radical (unpaired) electrons. The van der Waals surface area contributed by atoms with Crippen molar-refractivity contribution in [1.29, 1.82) is 0 Å². The Labute approximate surface area is 161 Å². The average Bonchev–Trinajstić information content (AvgIpc) is 3.19. The van der Waals surface area contributed by atoms with Crippen molar-refractivity contribution < 1.29 is 14.3 Å². The maximum atomic E-state index is 12.7. The number of hydrogen-bond acceptors (Lipinski definition) is 3. The molecule has 0 amide bonds. The summed E-state index contributed by atoms with van der Waals surface area (Å²) in [7, 11) is 0. The molecule has 1 aromatic rings. The molecule has 0 bridgehead atoms. The Morgan fingerprint density at radius 2 is 1.68 bits per heavy atom. The molecule has 0 heterocycles. The molecular weight excluding hydrogens is 526 g/mol. The van der Waals surface area contributed by atoms with Gasteiger partial charge in [0.05, 0.1) is 0 Å². The predicted octanol–water partition coefficient (Wildman–Crippen LogP) is 5.18. The Morgan fingerprint density at radius 1 is 1.08 bits per heavy atom. The number of esters is 1. The summed E-state index contributed by atoms with van der Waals surface area (Å²) in [5.74, 6) is 0.129. The third kappa shape index (κ3) is 4.57. The molecule has 25 heavy (non-hydrogen) atoms. The topological polar surface area (TPSA) is 35.5 Å². The number of carbonyl (C=O) groups is 1. The number of rotatable bonds is 8. The second kappa shape index (κ2) is 8.09. The van der Waals surface area contributed by atoms with Gasteiger partial charge in [-0.15, -0.1) is 0 Å². The Morgan fingerprint density at radius 3 is 2.16 bits per heavy atom. The van der Waals surface area contributed by atoms with Crippen LogP contribution in [0.4, 0.5) is 0 Å². The van der Waals surface area contributed by atoms with E-state index in [-0.39, 0.29) is 15.3 Å². The van der Waals surface area contributed by atoms with Gasteiger partial charge >= 0.3 is 163 Å². The van der Waals surface area contributed by atoms with Crippen molar-refractivity contribution in [2.45, 2.75) is 50.5 Å². The van der Waals surface area contributed by atoms with Crippen molar-refractivity contribution in [3.8, 4) is 0 Å². The first-order chi connectivity index (χ1) is 11.6. The Bertz CT molecular complexity index is 589. The molecule has 1 saturated carbocycles. The van der Waals surface area contributed by atoms with Crippen LogP contribution in [0.15, 0.2) is 30.3 Å². The molecule has 3 nitrogen and oxygen atoms in total. The molecule has 1 aliphatic carbocycles. The van der Waals surface area contributed by atoms with Crippen LogP contribution < -0.4 is 0 Å². The fraction of sp³-hybridized carbons (Fsp3) is 0.650. The van der Waals surface area contributed by atoms with Gasteiger partial charge in [0.2, 0.25) is 0 Å². The molecule has 0 unspecified atom stereocenters. The summed E-state index contributed by atoms with van der Waals surface area (Å²) in [6, 6.07) is 10.3. The third-order valence-corrected chi connectivity index (χ3v) is 25.9. The summed E-state index contributed by atoms with van der Waals surface area (Å²) in [4.78, 5) is 27.5. The van der Waals surface area contributed by atoms with E-state index in [4.69, 9.17) is 9.47 Å². The summed E-state index contributed by atoms with van der Waals surface area (Å²) in [5, 5.41) is 0. The molecule has 3 atom stereocenters. The molecule has 0 aliphatic heterocycles. The fourth-order valence-electron chi connectivity index (χ4n) is 4.53. The second-order valence-corrected chi connectivity index (χ2v) is 40.1. The SMILES string of the molecule is CCOC(=O)[C@H]1[C@H]([Sn]([CH3])([CH3])[CH3])[C@]1(COCc1ccccc1)[Sn]([CH3])([CH3])[CH3]. The summed E-state index contributed by atoms with van der Waals surface area (Å²) < 4.78 is 12.4. The first-order valence-corrected chi connectivity index (χ1v) is 29.5. The second-order valence-electron chi connectivity index (χ2n) is 9.34. The number of ether oxygens (including phenoxy) is 2. The van der Waals surface area contributed by atoms with Gasteiger partial charge in [-0.1, -0.05) is 0 Å². The van der Waals surface area contributed by atoms with Crippen molar-refractivity contribution in [2.75, 3.05) is 13.2 Å². The van der Waals surface area contributed by atoms with Crippen molar-refractivity contribution in [2.24, 2.45) is 5.92 Å². The van der Waals surface area contributed by atoms with E-state index in [1.54, 1.807) is 0 Å². The monoisotopic (exact) mass is 562 g/mol. The third-order valence-electron chi connectivity index (χ3n) is 5.66. The van der Waals surface area contributed by atoms with Gasteiger partial charge in [0, 0.05) is 0 Å². The van der Waals surface area contributed by atoms with E-state index in [0.29, 0.717) is 17.1 Å². The summed E-state index contributed by atoms with van der Waals surface area (Å²) >= 11 is -4.72. The normalized spacial score (nSPS) is 26.4. The van der Waals surface area contributed by atoms with Gasteiger partial charge in [0.1, 0.15) is 0 Å². The van der Waals surface area contributed by atoms with Gasteiger partial charge in [-0.25, -0.2) is 0 Å². The predicted molar refractivity (Wildman–Crippen MR) is 109 cm³/mol. The summed E-state index contributed by atoms with van der Waals surface area (Å²) in [6.07, 6.45) is 0. The molecule has 2 rings (SSSR count). The minimum atomic E-state index is -2.44. The van der Waals surface area contributed by atoms with E-state index in [0.717, 1.165) is 6.61 Å². The number of benzene rings is 1. The van der Waals surface area contributed by atoms with Crippen molar-refractivity contribution >= 4 is 42.7 Å². The molecule has 1 aromatic carbocycles. The first kappa shape index (κ1) is 21.5. The molecule has 0 spiro atoms. The quantitative estimate of drug-likeness (QED) is 0.325. The van der Waals surface area contributed by atoms with Gasteiger partial charge in [-0.2, -0.15) is 0 Å². The van der Waals surface area contributed by atoms with E-state index in [1.165, 1.54) is 5.56 Å². The van der Waals surface area contributed by atoms with Crippen LogP contribution in [0.3, 0.4) is 0 Å². The molecule has 0 N–H and O–H groups in total. The van der Waals surface area contributed by atoms with E-state index in [1.807, 2.05) is 25.1 Å². The Kier molecular flexibility index (Phi) is 6.97. The van der Waals surface area contributed by atoms with E-state index < -0.39 is 36.8 Å². The first-order valence-electron chi connectivity index (χ1n) is 9.34. The van der Waals surface area contributed by atoms with Crippen molar-refractivity contribution in [3.05, 3.63) is 35.9 Å². The van der Waals surface area contributed by atoms with Crippen LogP contribution >= 0.6 is 0 Å². The molecule has 0 aromatic heterocycles. The Balaban J connectivity index is 2.22. The van der Waals surface area contributed by atoms with Gasteiger partial charge in [0.15, 0.2) is 0 Å². The zero-order valence-electron chi connectivity index (χ0n) is 16.9. The van der Waals surface area contributed by atoms with Crippen LogP contribution in [0.25, 0.3) is 0 Å². The fourth-order valence-corrected chi connectivity index (χ4v) is 39.4. The van der Waals surface area contributed by atoms with Gasteiger partial charge in [-0.05, 0) is 0 Å². The average molecular weight is 560 g/mol. The zero-order chi connectivity index (χ0) is 18.9. The van der Waals surface area contributed by atoms with Gasteiger partial charge in [-0.3, -0.25) is 0 Å².